The molecule has 0 saturated heterocycles. The van der Waals surface area contributed by atoms with Gasteiger partial charge in [-0.3, -0.25) is 9.48 Å². The first-order valence-corrected chi connectivity index (χ1v) is 7.05. The quantitative estimate of drug-likeness (QED) is 0.817. The fourth-order valence-corrected chi connectivity index (χ4v) is 1.85. The third kappa shape index (κ3) is 5.47. The smallest absolute Gasteiger partial charge is 0.134 e. The van der Waals surface area contributed by atoms with Crippen LogP contribution in [-0.4, -0.2) is 22.2 Å². The maximum atomic E-state index is 11.6. The van der Waals surface area contributed by atoms with Gasteiger partial charge in [0.25, 0.3) is 0 Å². The van der Waals surface area contributed by atoms with E-state index in [4.69, 9.17) is 0 Å². The number of benzene rings is 1. The lowest BCUT2D eigenvalue weighted by atomic mass is 10.1. The Kier molecular flexibility index (Phi) is 7.32. The van der Waals surface area contributed by atoms with Gasteiger partial charge >= 0.3 is 0 Å². The van der Waals surface area contributed by atoms with Gasteiger partial charge in [-0.1, -0.05) is 38.1 Å². The SMILES string of the molecule is CC.CC(=O)Cc1ccc(-c2ccn(CCOF)n2)cc1. The van der Waals surface area contributed by atoms with Gasteiger partial charge in [-0.05, 0) is 23.1 Å². The minimum Gasteiger partial charge on any atom is -0.300 e. The van der Waals surface area contributed by atoms with E-state index in [1.54, 1.807) is 17.8 Å². The van der Waals surface area contributed by atoms with Crippen LogP contribution in [0, 0.1) is 0 Å². The second-order valence-corrected chi connectivity index (χ2v) is 4.35. The first-order valence-electron chi connectivity index (χ1n) is 7.05. The number of carbonyl (C=O) groups is 1. The number of nitrogens with zero attached hydrogens (tertiary/aromatic N) is 2. The average molecular weight is 292 g/mol. The number of rotatable bonds is 6. The van der Waals surface area contributed by atoms with Crippen molar-refractivity contribution in [2.75, 3.05) is 6.61 Å². The molecule has 1 aromatic carbocycles. The maximum absolute atomic E-state index is 11.6. The predicted octanol–water partition coefficient (Wildman–Crippen LogP) is 3.61. The van der Waals surface area contributed by atoms with Gasteiger partial charge in [-0.2, -0.15) is 10.0 Å². The molecule has 0 bridgehead atoms. The van der Waals surface area contributed by atoms with Crippen molar-refractivity contribution in [3.63, 3.8) is 0 Å². The summed E-state index contributed by atoms with van der Waals surface area (Å²) in [6.45, 7) is 5.93. The van der Waals surface area contributed by atoms with Crippen LogP contribution in [-0.2, 0) is 22.7 Å². The second kappa shape index (κ2) is 9.02. The van der Waals surface area contributed by atoms with E-state index in [-0.39, 0.29) is 12.4 Å². The van der Waals surface area contributed by atoms with Gasteiger partial charge in [0.2, 0.25) is 0 Å². The lowest BCUT2D eigenvalue weighted by Crippen LogP contribution is -2.03. The van der Waals surface area contributed by atoms with E-state index in [1.165, 1.54) is 0 Å². The summed E-state index contributed by atoms with van der Waals surface area (Å²) in [4.78, 5) is 14.5. The zero-order chi connectivity index (χ0) is 15.7. The van der Waals surface area contributed by atoms with Crippen molar-refractivity contribution < 1.29 is 14.3 Å². The molecule has 0 N–H and O–H groups in total. The Hall–Kier alpha value is -2.01. The highest BCUT2D eigenvalue weighted by molar-refractivity contribution is 5.78. The van der Waals surface area contributed by atoms with E-state index >= 15 is 0 Å². The molecular weight excluding hydrogens is 271 g/mol. The Bertz CT molecular complexity index is 550. The van der Waals surface area contributed by atoms with E-state index in [1.807, 2.05) is 44.2 Å². The van der Waals surface area contributed by atoms with Crippen molar-refractivity contribution in [3.8, 4) is 11.3 Å². The van der Waals surface area contributed by atoms with Crippen molar-refractivity contribution in [3.05, 3.63) is 42.1 Å². The number of Topliss-reactive ketones (excluding diaryl/α,β-unsaturated/α-hetero) is 1. The molecule has 0 radical (unpaired) electrons. The molecule has 0 atom stereocenters. The Morgan fingerprint density at radius 2 is 1.90 bits per heavy atom. The van der Waals surface area contributed by atoms with E-state index in [0.717, 1.165) is 16.8 Å². The zero-order valence-electron chi connectivity index (χ0n) is 12.7. The van der Waals surface area contributed by atoms with Crippen LogP contribution in [0.15, 0.2) is 36.5 Å². The third-order valence-corrected chi connectivity index (χ3v) is 2.74. The molecule has 0 unspecified atom stereocenters. The third-order valence-electron chi connectivity index (χ3n) is 2.74. The predicted molar refractivity (Wildman–Crippen MR) is 80.5 cm³/mol. The molecule has 1 aromatic heterocycles. The first kappa shape index (κ1) is 17.0. The summed E-state index contributed by atoms with van der Waals surface area (Å²) in [6, 6.07) is 9.55. The van der Waals surface area contributed by atoms with Crippen molar-refractivity contribution in [2.24, 2.45) is 0 Å². The molecule has 0 aliphatic rings. The standard InChI is InChI=1S/C14H15FN2O2.C2H6/c1-11(18)10-12-2-4-13(5-3-12)14-6-7-17(16-14)8-9-19-15;1-2/h2-7H,8-10H2,1H3;1-2H3. The summed E-state index contributed by atoms with van der Waals surface area (Å²) >= 11 is 0. The molecule has 4 nitrogen and oxygen atoms in total. The molecule has 0 saturated carbocycles. The van der Waals surface area contributed by atoms with Gasteiger partial charge in [0.1, 0.15) is 12.4 Å². The molecule has 0 aliphatic carbocycles. The highest BCUT2D eigenvalue weighted by Crippen LogP contribution is 2.17. The number of halogens is 1. The lowest BCUT2D eigenvalue weighted by molar-refractivity contribution is -0.135. The van der Waals surface area contributed by atoms with Crippen molar-refractivity contribution in [1.82, 2.24) is 9.78 Å². The number of ketones is 1. The van der Waals surface area contributed by atoms with Gasteiger partial charge in [-0.25, -0.2) is 0 Å². The molecule has 0 fully saturated rings. The van der Waals surface area contributed by atoms with Crippen LogP contribution in [0.1, 0.15) is 26.3 Å². The Balaban J connectivity index is 0.00000106. The maximum Gasteiger partial charge on any atom is 0.134 e. The van der Waals surface area contributed by atoms with Gasteiger partial charge in [0, 0.05) is 18.2 Å². The summed E-state index contributed by atoms with van der Waals surface area (Å²) in [7, 11) is 0. The van der Waals surface area contributed by atoms with Crippen molar-refractivity contribution in [1.29, 1.82) is 0 Å². The largest absolute Gasteiger partial charge is 0.300 e. The zero-order valence-corrected chi connectivity index (χ0v) is 12.7. The summed E-state index contributed by atoms with van der Waals surface area (Å²) in [5, 5.41) is 4.31. The number of carbonyl (C=O) groups excluding carboxylic acids is 1. The summed E-state index contributed by atoms with van der Waals surface area (Å²) in [6.07, 6.45) is 2.22. The first-order chi connectivity index (χ1) is 10.2. The minimum absolute atomic E-state index is 0.0152. The van der Waals surface area contributed by atoms with Crippen molar-refractivity contribution >= 4 is 5.78 Å². The van der Waals surface area contributed by atoms with E-state index in [2.05, 4.69) is 10.0 Å². The van der Waals surface area contributed by atoms with E-state index in [0.29, 0.717) is 13.0 Å². The van der Waals surface area contributed by atoms with Crippen LogP contribution in [0.2, 0.25) is 0 Å². The molecule has 0 aliphatic heterocycles. The summed E-state index contributed by atoms with van der Waals surface area (Å²) in [5.74, 6) is 0.142. The van der Waals surface area contributed by atoms with Crippen LogP contribution in [0.3, 0.4) is 0 Å². The minimum atomic E-state index is -0.0152. The molecule has 1 heterocycles. The Labute approximate surface area is 124 Å². The molecule has 0 amide bonds. The van der Waals surface area contributed by atoms with Gasteiger partial charge < -0.3 is 0 Å². The highest BCUT2D eigenvalue weighted by Gasteiger charge is 2.03. The molecule has 2 rings (SSSR count). The summed E-state index contributed by atoms with van der Waals surface area (Å²) < 4.78 is 13.2. The average Bonchev–Trinajstić information content (AvgIpc) is 2.96. The summed E-state index contributed by atoms with van der Waals surface area (Å²) in [5.41, 5.74) is 2.77. The van der Waals surface area contributed by atoms with Gasteiger partial charge in [0.05, 0.1) is 12.2 Å². The Morgan fingerprint density at radius 3 is 2.48 bits per heavy atom. The van der Waals surface area contributed by atoms with Crippen molar-refractivity contribution in [2.45, 2.75) is 33.7 Å². The Morgan fingerprint density at radius 1 is 1.24 bits per heavy atom. The number of aromatic nitrogens is 2. The second-order valence-electron chi connectivity index (χ2n) is 4.35. The molecular formula is C16H21FN2O2. The van der Waals surface area contributed by atoms with Crippen LogP contribution < -0.4 is 0 Å². The van der Waals surface area contributed by atoms with Crippen LogP contribution in [0.5, 0.6) is 0 Å². The van der Waals surface area contributed by atoms with Crippen LogP contribution >= 0.6 is 0 Å². The van der Waals surface area contributed by atoms with Crippen LogP contribution in [0.25, 0.3) is 11.3 Å². The lowest BCUT2D eigenvalue weighted by Gasteiger charge is -2.01. The molecule has 21 heavy (non-hydrogen) atoms. The van der Waals surface area contributed by atoms with E-state index in [9.17, 15) is 9.32 Å². The number of hydrogen-bond donors (Lipinski definition) is 0. The van der Waals surface area contributed by atoms with Gasteiger partial charge in [-0.15, -0.1) is 0 Å². The normalized spacial score (nSPS) is 9.90. The highest BCUT2D eigenvalue weighted by atomic mass is 19.3. The fourth-order valence-electron chi connectivity index (χ4n) is 1.85. The molecule has 0 spiro atoms. The topological polar surface area (TPSA) is 44.1 Å². The molecule has 114 valence electrons. The molecule has 2 aromatic rings. The fraction of sp³-hybridized carbons (Fsp3) is 0.375. The van der Waals surface area contributed by atoms with Crippen LogP contribution in [0.4, 0.5) is 4.53 Å². The van der Waals surface area contributed by atoms with E-state index < -0.39 is 0 Å². The monoisotopic (exact) mass is 292 g/mol. The van der Waals surface area contributed by atoms with Gasteiger partial charge in [0.15, 0.2) is 0 Å². The number of hydrogen-bond acceptors (Lipinski definition) is 3. The molecule has 5 heteroatoms.